The van der Waals surface area contributed by atoms with Crippen LogP contribution in [-0.2, 0) is 6.54 Å². The standard InChI is InChI=1S/C22H16ClNO/c23-20-14-11-17(12-15-20)10-13-19-8-4-5-9-21(19)22(25)24-16-18-6-2-1-3-7-18/h1-9,11-12,14-15H,16H2,(H,24,25). The topological polar surface area (TPSA) is 29.1 Å². The maximum atomic E-state index is 12.5. The van der Waals surface area contributed by atoms with Crippen LogP contribution in [0.5, 0.6) is 0 Å². The molecule has 1 N–H and O–H groups in total. The lowest BCUT2D eigenvalue weighted by molar-refractivity contribution is 0.0950. The summed E-state index contributed by atoms with van der Waals surface area (Å²) in [7, 11) is 0. The molecule has 1 amide bonds. The quantitative estimate of drug-likeness (QED) is 0.687. The maximum absolute atomic E-state index is 12.5. The average molecular weight is 346 g/mol. The van der Waals surface area contributed by atoms with Crippen molar-refractivity contribution in [2.24, 2.45) is 0 Å². The van der Waals surface area contributed by atoms with E-state index in [0.29, 0.717) is 22.7 Å². The van der Waals surface area contributed by atoms with Gasteiger partial charge in [-0.25, -0.2) is 0 Å². The highest BCUT2D eigenvalue weighted by atomic mass is 35.5. The fourth-order valence-corrected chi connectivity index (χ4v) is 2.46. The van der Waals surface area contributed by atoms with Crippen LogP contribution in [0.1, 0.15) is 27.0 Å². The Bertz CT molecular complexity index is 921. The third-order valence-corrected chi connectivity index (χ3v) is 3.91. The van der Waals surface area contributed by atoms with Gasteiger partial charge in [-0.15, -0.1) is 0 Å². The Morgan fingerprint density at radius 1 is 0.840 bits per heavy atom. The van der Waals surface area contributed by atoms with Crippen LogP contribution in [0.3, 0.4) is 0 Å². The molecule has 25 heavy (non-hydrogen) atoms. The van der Waals surface area contributed by atoms with Gasteiger partial charge in [-0.1, -0.05) is 65.9 Å². The second kappa shape index (κ2) is 8.19. The molecule has 0 aromatic heterocycles. The summed E-state index contributed by atoms with van der Waals surface area (Å²) < 4.78 is 0. The lowest BCUT2D eigenvalue weighted by Crippen LogP contribution is -2.23. The molecule has 3 rings (SSSR count). The van der Waals surface area contributed by atoms with Crippen LogP contribution in [0.2, 0.25) is 5.02 Å². The van der Waals surface area contributed by atoms with Crippen LogP contribution in [0, 0.1) is 11.8 Å². The predicted octanol–water partition coefficient (Wildman–Crippen LogP) is 4.67. The number of amides is 1. The molecule has 0 saturated heterocycles. The molecule has 2 nitrogen and oxygen atoms in total. The van der Waals surface area contributed by atoms with E-state index in [1.165, 1.54) is 0 Å². The first kappa shape index (κ1) is 16.8. The zero-order valence-corrected chi connectivity index (χ0v) is 14.3. The molecule has 0 aliphatic rings. The highest BCUT2D eigenvalue weighted by molar-refractivity contribution is 6.30. The summed E-state index contributed by atoms with van der Waals surface area (Å²) >= 11 is 5.88. The summed E-state index contributed by atoms with van der Waals surface area (Å²) in [5.41, 5.74) is 3.17. The van der Waals surface area contributed by atoms with Crippen molar-refractivity contribution >= 4 is 17.5 Å². The van der Waals surface area contributed by atoms with Crippen molar-refractivity contribution in [2.75, 3.05) is 0 Å². The molecule has 0 fully saturated rings. The van der Waals surface area contributed by atoms with E-state index < -0.39 is 0 Å². The Labute approximate surface area is 152 Å². The van der Waals surface area contributed by atoms with Crippen LogP contribution in [0.25, 0.3) is 0 Å². The van der Waals surface area contributed by atoms with Crippen LogP contribution >= 0.6 is 11.6 Å². The minimum atomic E-state index is -0.134. The third kappa shape index (κ3) is 4.73. The van der Waals surface area contributed by atoms with E-state index in [-0.39, 0.29) is 5.91 Å². The Balaban J connectivity index is 1.76. The monoisotopic (exact) mass is 345 g/mol. The van der Waals surface area contributed by atoms with Crippen LogP contribution in [-0.4, -0.2) is 5.91 Å². The molecule has 0 bridgehead atoms. The van der Waals surface area contributed by atoms with Gasteiger partial charge in [-0.2, -0.15) is 0 Å². The number of hydrogen-bond donors (Lipinski definition) is 1. The Kier molecular flexibility index (Phi) is 5.51. The van der Waals surface area contributed by atoms with Crippen molar-refractivity contribution in [3.8, 4) is 11.8 Å². The van der Waals surface area contributed by atoms with Gasteiger partial charge in [-0.05, 0) is 42.0 Å². The summed E-state index contributed by atoms with van der Waals surface area (Å²) in [5.74, 6) is 6.01. The van der Waals surface area contributed by atoms with E-state index >= 15 is 0 Å². The van der Waals surface area contributed by atoms with E-state index in [0.717, 1.165) is 11.1 Å². The highest BCUT2D eigenvalue weighted by Gasteiger charge is 2.09. The molecule has 0 aliphatic carbocycles. The van der Waals surface area contributed by atoms with Crippen molar-refractivity contribution in [3.05, 3.63) is 106 Å². The number of nitrogens with one attached hydrogen (secondary N) is 1. The SMILES string of the molecule is O=C(NCc1ccccc1)c1ccccc1C#Cc1ccc(Cl)cc1. The van der Waals surface area contributed by atoms with Crippen molar-refractivity contribution in [2.45, 2.75) is 6.54 Å². The maximum Gasteiger partial charge on any atom is 0.252 e. The Morgan fingerprint density at radius 2 is 1.52 bits per heavy atom. The van der Waals surface area contributed by atoms with E-state index in [4.69, 9.17) is 11.6 Å². The van der Waals surface area contributed by atoms with E-state index in [9.17, 15) is 4.79 Å². The van der Waals surface area contributed by atoms with Crippen LogP contribution in [0.4, 0.5) is 0 Å². The minimum absolute atomic E-state index is 0.134. The van der Waals surface area contributed by atoms with Crippen LogP contribution in [0.15, 0.2) is 78.9 Å². The zero-order chi connectivity index (χ0) is 17.5. The zero-order valence-electron chi connectivity index (χ0n) is 13.5. The summed E-state index contributed by atoms with van der Waals surface area (Å²) in [6.45, 7) is 0.485. The normalized spacial score (nSPS) is 9.80. The minimum Gasteiger partial charge on any atom is -0.348 e. The number of carbonyl (C=O) groups is 1. The average Bonchev–Trinajstić information content (AvgIpc) is 2.67. The first-order chi connectivity index (χ1) is 12.2. The fourth-order valence-electron chi connectivity index (χ4n) is 2.34. The number of carbonyl (C=O) groups excluding carboxylic acids is 1. The molecule has 122 valence electrons. The molecule has 0 radical (unpaired) electrons. The molecule has 0 heterocycles. The predicted molar refractivity (Wildman–Crippen MR) is 101 cm³/mol. The molecule has 0 atom stereocenters. The number of halogens is 1. The van der Waals surface area contributed by atoms with Crippen molar-refractivity contribution in [3.63, 3.8) is 0 Å². The van der Waals surface area contributed by atoms with Gasteiger partial charge in [0, 0.05) is 22.7 Å². The molecule has 0 aliphatic heterocycles. The number of rotatable bonds is 3. The van der Waals surface area contributed by atoms with Gasteiger partial charge >= 0.3 is 0 Å². The van der Waals surface area contributed by atoms with E-state index in [2.05, 4.69) is 17.2 Å². The van der Waals surface area contributed by atoms with Gasteiger partial charge in [0.15, 0.2) is 0 Å². The largest absolute Gasteiger partial charge is 0.348 e. The lowest BCUT2D eigenvalue weighted by Gasteiger charge is -2.07. The van der Waals surface area contributed by atoms with Crippen molar-refractivity contribution in [1.82, 2.24) is 5.32 Å². The van der Waals surface area contributed by atoms with Gasteiger partial charge in [0.25, 0.3) is 5.91 Å². The molecule has 3 aromatic carbocycles. The molecule has 3 aromatic rings. The lowest BCUT2D eigenvalue weighted by atomic mass is 10.1. The molecule has 0 unspecified atom stereocenters. The molecular formula is C22H16ClNO. The van der Waals surface area contributed by atoms with Crippen molar-refractivity contribution in [1.29, 1.82) is 0 Å². The molecule has 0 spiro atoms. The fraction of sp³-hybridized carbons (Fsp3) is 0.0455. The first-order valence-electron chi connectivity index (χ1n) is 7.91. The van der Waals surface area contributed by atoms with Crippen molar-refractivity contribution < 1.29 is 4.79 Å². The summed E-state index contributed by atoms with van der Waals surface area (Å²) in [6, 6.07) is 24.5. The van der Waals surface area contributed by atoms with Gasteiger partial charge in [0.05, 0.1) is 5.56 Å². The number of hydrogen-bond acceptors (Lipinski definition) is 1. The first-order valence-corrected chi connectivity index (χ1v) is 8.29. The summed E-state index contributed by atoms with van der Waals surface area (Å²) in [6.07, 6.45) is 0. The summed E-state index contributed by atoms with van der Waals surface area (Å²) in [5, 5.41) is 3.61. The molecule has 0 saturated carbocycles. The molecule has 3 heteroatoms. The van der Waals surface area contributed by atoms with Gasteiger partial charge in [0.1, 0.15) is 0 Å². The second-order valence-electron chi connectivity index (χ2n) is 5.47. The highest BCUT2D eigenvalue weighted by Crippen LogP contribution is 2.11. The summed E-state index contributed by atoms with van der Waals surface area (Å²) in [4.78, 5) is 12.5. The van der Waals surface area contributed by atoms with Gasteiger partial charge in [0.2, 0.25) is 0 Å². The van der Waals surface area contributed by atoms with Gasteiger partial charge < -0.3 is 5.32 Å². The van der Waals surface area contributed by atoms with E-state index in [1.54, 1.807) is 18.2 Å². The number of benzene rings is 3. The second-order valence-corrected chi connectivity index (χ2v) is 5.91. The van der Waals surface area contributed by atoms with Gasteiger partial charge in [-0.3, -0.25) is 4.79 Å². The van der Waals surface area contributed by atoms with E-state index in [1.807, 2.05) is 60.7 Å². The smallest absolute Gasteiger partial charge is 0.252 e. The Morgan fingerprint density at radius 3 is 2.28 bits per heavy atom. The van der Waals surface area contributed by atoms with Crippen LogP contribution < -0.4 is 5.32 Å². The Hall–Kier alpha value is -3.02. The third-order valence-electron chi connectivity index (χ3n) is 3.65. The molecular weight excluding hydrogens is 330 g/mol.